The molecule has 0 saturated heterocycles. The fraction of sp³-hybridized carbons (Fsp3) is 0.556. The van der Waals surface area contributed by atoms with Gasteiger partial charge in [-0.05, 0) is 0 Å². The van der Waals surface area contributed by atoms with Crippen molar-refractivity contribution in [3.8, 4) is 0 Å². The van der Waals surface area contributed by atoms with Gasteiger partial charge in [0.05, 0.1) is 0 Å². The van der Waals surface area contributed by atoms with E-state index < -0.39 is 14.8 Å². The number of hydrogen-bond acceptors (Lipinski definition) is 26. The molecule has 6 rings (SSSR count). The summed E-state index contributed by atoms with van der Waals surface area (Å²) in [6.07, 6.45) is 3.75. The predicted octanol–water partition coefficient (Wildman–Crippen LogP) is 6.02. The van der Waals surface area contributed by atoms with Gasteiger partial charge in [0.1, 0.15) is 0 Å². The molecule has 0 aromatic rings. The van der Waals surface area contributed by atoms with Crippen molar-refractivity contribution in [3.05, 3.63) is 50.8 Å². The van der Waals surface area contributed by atoms with Crippen LogP contribution in [-0.4, -0.2) is 61.3 Å². The van der Waals surface area contributed by atoms with Crippen molar-refractivity contribution < 1.29 is 74.2 Å². The fourth-order valence-corrected chi connectivity index (χ4v) is 1.66. The van der Waals surface area contributed by atoms with Crippen LogP contribution in [-0.2, 0) is 46.7 Å². The molecular formula is C18H42AsBr4F6N26OOs3S2-5. The van der Waals surface area contributed by atoms with Crippen LogP contribution in [0.25, 0.3) is 10.8 Å². The normalized spacial score (nSPS) is 15.4. The molecule has 6 aliphatic rings. The largest absolute Gasteiger partial charge is 4.00 e. The summed E-state index contributed by atoms with van der Waals surface area (Å²) in [5, 5.41) is 67.8. The second-order valence-corrected chi connectivity index (χ2v) is 33.0. The number of isothiocyanates is 2. The Kier molecular flexibility index (Phi) is 77.5. The molecule has 6 heterocycles. The molecule has 0 saturated carbocycles. The summed E-state index contributed by atoms with van der Waals surface area (Å²) in [5.41, 5.74) is 15.3. The Labute approximate surface area is 418 Å². The number of thiocarbonyl (C=S) groups is 2. The van der Waals surface area contributed by atoms with Crippen LogP contribution in [0.15, 0.2) is 62.0 Å². The Hall–Kier alpha value is -1.09. The number of halogens is 10. The molecule has 43 heteroatoms. The fourth-order valence-electron chi connectivity index (χ4n) is 1.66. The quantitative estimate of drug-likeness (QED) is 0.0619. The van der Waals surface area contributed by atoms with Gasteiger partial charge in [0, 0.05) is 0 Å². The van der Waals surface area contributed by atoms with Gasteiger partial charge in [0.25, 0.3) is 0 Å². The third-order valence-electron chi connectivity index (χ3n) is 2.89. The Bertz CT molecular complexity index is 951. The van der Waals surface area contributed by atoms with Gasteiger partial charge >= 0.3 is 133 Å². The van der Waals surface area contributed by atoms with E-state index in [1.807, 2.05) is 0 Å². The molecule has 0 aromatic carbocycles. The minimum atomic E-state index is -8.99. The van der Waals surface area contributed by atoms with Crippen LogP contribution in [0, 0.1) is 40.0 Å². The molecule has 8 N–H and O–H groups in total. The first kappa shape index (κ1) is 80.2. The third-order valence-corrected chi connectivity index (χ3v) is 2.89. The molecular weight excluding hydrogens is 1740 g/mol. The number of hydrogen-bond donors (Lipinski definition) is 6. The summed E-state index contributed by atoms with van der Waals surface area (Å²) in [6, 6.07) is 0. The van der Waals surface area contributed by atoms with Crippen LogP contribution in [0.3, 0.4) is 0 Å². The predicted molar refractivity (Wildman–Crippen MR) is 222 cm³/mol. The molecule has 27 nitrogen and oxygen atoms in total. The smallest absolute Gasteiger partial charge is 1.00 e. The molecule has 0 radical (unpaired) electrons. The van der Waals surface area contributed by atoms with Gasteiger partial charge in [0.2, 0.25) is 0 Å². The van der Waals surface area contributed by atoms with E-state index in [0.717, 1.165) is 0 Å². The molecule has 61 heavy (non-hydrogen) atoms. The van der Waals surface area contributed by atoms with Crippen LogP contribution in [0.4, 0.5) is 17.3 Å². The summed E-state index contributed by atoms with van der Waals surface area (Å²) in [7, 11) is 0. The summed E-state index contributed by atoms with van der Waals surface area (Å²) >= 11 is 11.3. The molecule has 366 valence electrons. The second kappa shape index (κ2) is 58.9. The summed E-state index contributed by atoms with van der Waals surface area (Å²) in [5.74, 6) is 0. The van der Waals surface area contributed by atoms with Gasteiger partial charge in [-0.2, -0.15) is 50.3 Å². The van der Waals surface area contributed by atoms with Crippen molar-refractivity contribution >= 4 is 104 Å². The van der Waals surface area contributed by atoms with E-state index in [0.29, 0.717) is 0 Å². The minimum Gasteiger partial charge on any atom is -1.00 e. The standard InChI is InChI=1S/3C3H8.3C2H4N8.2CNS.CH4.AsF5.4BrH.FH.H2O.3Os/c3*1-3-2;3*1-3-5-7-9(1)10-2-4-6-8-10;2*2-1-3;;2-1(3,4,5)6;;;;;;;;;/h3*3H2,1-2H3;3*1-2H,(H,3,7)(H,4,8);;;1H4;;5*1H;1H2;;;/q;;;3*-2;2*-1;;;;;;;;;2*+2;+4/p-5. The van der Waals surface area contributed by atoms with E-state index in [4.69, 9.17) is 10.8 Å². The SMILES string of the molecule is C.CCC.CCC.CCC.F[As](F)(F)(F)F.O.[Br][Os][Br].[Br][Os][Br].[CH-]1N=NNN1N1[CH-]N=NN1.[CH-]1N=NNN1N1[CH-]N=NN1.[CH-]1N=NNN1N1[CH-]N=NN1.[F-].[N-]=C=S.[N-]=C=S.[Os+4]. The summed E-state index contributed by atoms with van der Waals surface area (Å²) in [4.78, 5) is 0. The minimum absolute atomic E-state index is 0. The van der Waals surface area contributed by atoms with Gasteiger partial charge in [-0.15, -0.1) is 0 Å². The van der Waals surface area contributed by atoms with E-state index >= 15 is 0 Å². The summed E-state index contributed by atoms with van der Waals surface area (Å²) in [6.45, 7) is 21.6. The maximum Gasteiger partial charge on any atom is 4.00 e. The van der Waals surface area contributed by atoms with Crippen molar-refractivity contribution in [2.45, 2.75) is 68.2 Å². The zero-order valence-corrected chi connectivity index (χ0v) is 48.6. The van der Waals surface area contributed by atoms with Crippen LogP contribution in [0.5, 0.6) is 0 Å². The maximum absolute atomic E-state index is 9.89. The first-order valence-electron chi connectivity index (χ1n) is 14.1. The van der Waals surface area contributed by atoms with Crippen molar-refractivity contribution in [1.82, 2.24) is 63.9 Å². The number of nitrogens with one attached hydrogen (secondary N) is 6. The topological polar surface area (TPSA) is 316 Å². The molecule has 0 fully saturated rings. The number of hydrazine groups is 9. The number of nitrogens with zero attached hydrogens (tertiary/aromatic N) is 20. The average Bonchev–Trinajstić information content (AvgIpc) is 3.99. The Morgan fingerprint density at radius 3 is 0.639 bits per heavy atom. The van der Waals surface area contributed by atoms with Crippen molar-refractivity contribution in [3.63, 3.8) is 0 Å². The second-order valence-electron chi connectivity index (χ2n) is 7.70. The van der Waals surface area contributed by atoms with Gasteiger partial charge in [-0.25, -0.2) is 33.2 Å². The van der Waals surface area contributed by atoms with Gasteiger partial charge in [-0.3, -0.25) is 30.7 Å². The first-order valence-corrected chi connectivity index (χ1v) is 40.6. The van der Waals surface area contributed by atoms with Crippen LogP contribution < -0.4 is 37.9 Å². The van der Waals surface area contributed by atoms with Gasteiger partial charge < -0.3 is 51.7 Å². The van der Waals surface area contributed by atoms with Gasteiger partial charge in [-0.1, -0.05) is 124 Å². The molecule has 0 unspecified atom stereocenters. The molecule has 0 aromatic heterocycles. The molecule has 0 spiro atoms. The van der Waals surface area contributed by atoms with Crippen molar-refractivity contribution in [2.24, 2.45) is 62.0 Å². The van der Waals surface area contributed by atoms with Crippen LogP contribution in [0.2, 0.25) is 0 Å². The molecule has 0 bridgehead atoms. The average molecular weight is 1780 g/mol. The van der Waals surface area contributed by atoms with Crippen LogP contribution in [0.1, 0.15) is 68.2 Å². The maximum atomic E-state index is 9.89. The van der Waals surface area contributed by atoms with Crippen molar-refractivity contribution in [2.75, 3.05) is 0 Å². The van der Waals surface area contributed by atoms with E-state index in [2.05, 4.69) is 215 Å². The first-order chi connectivity index (χ1) is 27.0. The van der Waals surface area contributed by atoms with E-state index in [-0.39, 0.29) is 64.3 Å². The van der Waals surface area contributed by atoms with Crippen LogP contribution >= 0.6 is 78.7 Å². The number of rotatable bonds is 3. The van der Waals surface area contributed by atoms with E-state index in [9.17, 15) is 17.3 Å². The molecule has 0 atom stereocenters. The Morgan fingerprint density at radius 2 is 0.590 bits per heavy atom. The molecule has 0 amide bonds. The Balaban J connectivity index is -0.0000000728. The van der Waals surface area contributed by atoms with E-state index in [1.54, 1.807) is 0 Å². The van der Waals surface area contributed by atoms with E-state index in [1.165, 1.54) is 100 Å². The van der Waals surface area contributed by atoms with Crippen molar-refractivity contribution in [1.29, 1.82) is 0 Å². The Morgan fingerprint density at radius 1 is 0.508 bits per heavy atom. The monoisotopic (exact) mass is 1780 g/mol. The molecule has 0 aliphatic carbocycles. The summed E-state index contributed by atoms with van der Waals surface area (Å²) < 4.78 is 49.4. The zero-order valence-electron chi connectivity index (χ0n) is 31.1. The zero-order chi connectivity index (χ0) is 44.8. The molecule has 6 aliphatic heterocycles. The third kappa shape index (κ3) is 68.2. The van der Waals surface area contributed by atoms with Gasteiger partial charge in [0.15, 0.2) is 0 Å².